The lowest BCUT2D eigenvalue weighted by Gasteiger charge is -2.10. The molecule has 0 aliphatic rings. The lowest BCUT2D eigenvalue weighted by molar-refractivity contribution is -0.118. The van der Waals surface area contributed by atoms with Crippen LogP contribution in [0.25, 0.3) is 0 Å². The molecule has 3 nitrogen and oxygen atoms in total. The van der Waals surface area contributed by atoms with Crippen LogP contribution in [-0.2, 0) is 4.79 Å². The molecule has 2 aromatic carbocycles. The molecule has 21 heavy (non-hydrogen) atoms. The predicted octanol–water partition coefficient (Wildman–Crippen LogP) is 4.29. The number of hydrogen-bond acceptors (Lipinski definition) is 2. The number of nitrogens with one attached hydrogen (secondary N) is 1. The Labute approximate surface area is 129 Å². The highest BCUT2D eigenvalue weighted by molar-refractivity contribution is 6.37. The fourth-order valence-electron chi connectivity index (χ4n) is 1.55. The summed E-state index contributed by atoms with van der Waals surface area (Å²) < 4.78 is 31.9. The van der Waals surface area contributed by atoms with E-state index in [0.717, 1.165) is 12.1 Å². The molecule has 1 N–H and O–H groups in total. The van der Waals surface area contributed by atoms with Gasteiger partial charge in [0.2, 0.25) is 0 Å². The molecule has 0 aliphatic heterocycles. The fraction of sp³-hybridized carbons (Fsp3) is 0.0714. The van der Waals surface area contributed by atoms with Crippen molar-refractivity contribution in [3.63, 3.8) is 0 Å². The summed E-state index contributed by atoms with van der Waals surface area (Å²) in [7, 11) is 0. The van der Waals surface area contributed by atoms with Gasteiger partial charge in [0.05, 0.1) is 10.0 Å². The molecule has 7 heteroatoms. The van der Waals surface area contributed by atoms with Gasteiger partial charge in [0.25, 0.3) is 5.91 Å². The number of carbonyl (C=O) groups is 1. The summed E-state index contributed by atoms with van der Waals surface area (Å²) in [6.45, 7) is -0.489. The molecule has 0 fully saturated rings. The zero-order valence-corrected chi connectivity index (χ0v) is 12.0. The Hall–Kier alpha value is -1.85. The molecule has 0 saturated heterocycles. The van der Waals surface area contributed by atoms with E-state index in [1.54, 1.807) is 6.07 Å². The van der Waals surface area contributed by atoms with Crippen LogP contribution >= 0.6 is 23.2 Å². The third-order valence-electron chi connectivity index (χ3n) is 2.49. The SMILES string of the molecule is O=C(COc1c(Cl)cccc1Cl)Nc1c(F)cccc1F. The lowest BCUT2D eigenvalue weighted by atomic mass is 10.3. The number of rotatable bonds is 4. The molecule has 1 amide bonds. The van der Waals surface area contributed by atoms with Crippen molar-refractivity contribution in [3.8, 4) is 5.75 Å². The van der Waals surface area contributed by atoms with Crippen molar-refractivity contribution in [2.24, 2.45) is 0 Å². The van der Waals surface area contributed by atoms with Gasteiger partial charge in [-0.05, 0) is 24.3 Å². The number of para-hydroxylation sites is 2. The average Bonchev–Trinajstić information content (AvgIpc) is 2.42. The van der Waals surface area contributed by atoms with Crippen LogP contribution in [0.5, 0.6) is 5.75 Å². The third kappa shape index (κ3) is 3.83. The van der Waals surface area contributed by atoms with Gasteiger partial charge >= 0.3 is 0 Å². The van der Waals surface area contributed by atoms with Crippen LogP contribution in [0.15, 0.2) is 36.4 Å². The lowest BCUT2D eigenvalue weighted by Crippen LogP contribution is -2.21. The molecule has 110 valence electrons. The number of benzene rings is 2. The maximum Gasteiger partial charge on any atom is 0.262 e. The summed E-state index contributed by atoms with van der Waals surface area (Å²) in [5.74, 6) is -2.36. The third-order valence-corrected chi connectivity index (χ3v) is 3.09. The quantitative estimate of drug-likeness (QED) is 0.907. The van der Waals surface area contributed by atoms with Crippen LogP contribution in [0.2, 0.25) is 10.0 Å². The molecule has 0 saturated carbocycles. The van der Waals surface area contributed by atoms with Crippen LogP contribution in [0.3, 0.4) is 0 Å². The van der Waals surface area contributed by atoms with Crippen molar-refractivity contribution in [2.75, 3.05) is 11.9 Å². The monoisotopic (exact) mass is 331 g/mol. The number of amides is 1. The summed E-state index contributed by atoms with van der Waals surface area (Å²) in [6.07, 6.45) is 0. The molecule has 2 aromatic rings. The Kier molecular flexibility index (Phi) is 4.98. The Morgan fingerprint density at radius 1 is 1.05 bits per heavy atom. The smallest absolute Gasteiger partial charge is 0.262 e. The van der Waals surface area contributed by atoms with Gasteiger partial charge in [-0.2, -0.15) is 0 Å². The molecular weight excluding hydrogens is 323 g/mol. The minimum absolute atomic E-state index is 0.130. The van der Waals surface area contributed by atoms with E-state index >= 15 is 0 Å². The molecule has 0 bridgehead atoms. The second kappa shape index (κ2) is 6.74. The molecule has 2 rings (SSSR count). The highest BCUT2D eigenvalue weighted by atomic mass is 35.5. The van der Waals surface area contributed by atoms with Gasteiger partial charge in [-0.25, -0.2) is 8.78 Å². The highest BCUT2D eigenvalue weighted by Gasteiger charge is 2.14. The maximum atomic E-state index is 13.4. The van der Waals surface area contributed by atoms with Gasteiger partial charge in [-0.3, -0.25) is 4.79 Å². The molecule has 0 spiro atoms. The van der Waals surface area contributed by atoms with Crippen molar-refractivity contribution in [1.82, 2.24) is 0 Å². The zero-order valence-electron chi connectivity index (χ0n) is 10.5. The first-order valence-electron chi connectivity index (χ1n) is 5.79. The van der Waals surface area contributed by atoms with E-state index in [1.165, 1.54) is 18.2 Å². The molecule has 0 aromatic heterocycles. The molecule has 0 unspecified atom stereocenters. The normalized spacial score (nSPS) is 10.3. The summed E-state index contributed by atoms with van der Waals surface area (Å²) in [5.41, 5.74) is -0.531. The molecule has 0 heterocycles. The summed E-state index contributed by atoms with van der Waals surface area (Å²) in [5, 5.41) is 2.55. The first-order chi connectivity index (χ1) is 9.99. The van der Waals surface area contributed by atoms with Gasteiger partial charge in [-0.15, -0.1) is 0 Å². The van der Waals surface area contributed by atoms with Crippen molar-refractivity contribution in [3.05, 3.63) is 58.1 Å². The topological polar surface area (TPSA) is 38.3 Å². The van der Waals surface area contributed by atoms with Gasteiger partial charge < -0.3 is 10.1 Å². The molecule has 0 radical (unpaired) electrons. The second-order valence-corrected chi connectivity index (χ2v) is 4.80. The van der Waals surface area contributed by atoms with Gasteiger partial charge in [0, 0.05) is 0 Å². The number of hydrogen-bond donors (Lipinski definition) is 1. The summed E-state index contributed by atoms with van der Waals surface area (Å²) in [6, 6.07) is 7.95. The summed E-state index contributed by atoms with van der Waals surface area (Å²) in [4.78, 5) is 11.7. The van der Waals surface area contributed by atoms with E-state index in [-0.39, 0.29) is 15.8 Å². The minimum Gasteiger partial charge on any atom is -0.481 e. The predicted molar refractivity (Wildman–Crippen MR) is 76.9 cm³/mol. The van der Waals surface area contributed by atoms with Crippen LogP contribution in [0, 0.1) is 11.6 Å². The van der Waals surface area contributed by atoms with E-state index in [0.29, 0.717) is 0 Å². The Balaban J connectivity index is 2.03. The molecule has 0 aliphatic carbocycles. The van der Waals surface area contributed by atoms with Crippen molar-refractivity contribution in [1.29, 1.82) is 0 Å². The van der Waals surface area contributed by atoms with Crippen LogP contribution in [-0.4, -0.2) is 12.5 Å². The standard InChI is InChI=1S/C14H9Cl2F2NO2/c15-8-3-1-4-9(16)14(8)21-7-12(20)19-13-10(17)5-2-6-11(13)18/h1-6H,7H2,(H,19,20). The van der Waals surface area contributed by atoms with E-state index in [9.17, 15) is 13.6 Å². The molecular formula is C14H9Cl2F2NO2. The first kappa shape index (κ1) is 15.5. The number of ether oxygens (including phenoxy) is 1. The van der Waals surface area contributed by atoms with Crippen LogP contribution in [0.4, 0.5) is 14.5 Å². The van der Waals surface area contributed by atoms with E-state index in [2.05, 4.69) is 5.32 Å². The van der Waals surface area contributed by atoms with Crippen LogP contribution in [0.1, 0.15) is 0 Å². The zero-order chi connectivity index (χ0) is 15.4. The van der Waals surface area contributed by atoms with Gasteiger partial charge in [-0.1, -0.05) is 35.3 Å². The number of carbonyl (C=O) groups excluding carboxylic acids is 1. The minimum atomic E-state index is -0.876. The van der Waals surface area contributed by atoms with Crippen molar-refractivity contribution in [2.45, 2.75) is 0 Å². The van der Waals surface area contributed by atoms with Gasteiger partial charge in [0.15, 0.2) is 12.4 Å². The first-order valence-corrected chi connectivity index (χ1v) is 6.55. The highest BCUT2D eigenvalue weighted by Crippen LogP contribution is 2.32. The fourth-order valence-corrected chi connectivity index (χ4v) is 2.06. The van der Waals surface area contributed by atoms with E-state index < -0.39 is 29.8 Å². The number of halogens is 4. The maximum absolute atomic E-state index is 13.4. The molecule has 0 atom stereocenters. The Morgan fingerprint density at radius 3 is 2.14 bits per heavy atom. The van der Waals surface area contributed by atoms with E-state index in [1.807, 2.05) is 0 Å². The second-order valence-electron chi connectivity index (χ2n) is 3.98. The van der Waals surface area contributed by atoms with E-state index in [4.69, 9.17) is 27.9 Å². The van der Waals surface area contributed by atoms with Crippen LogP contribution < -0.4 is 10.1 Å². The Morgan fingerprint density at radius 2 is 1.57 bits per heavy atom. The van der Waals surface area contributed by atoms with Crippen molar-refractivity contribution < 1.29 is 18.3 Å². The largest absolute Gasteiger partial charge is 0.481 e. The summed E-state index contributed by atoms with van der Waals surface area (Å²) >= 11 is 11.7. The van der Waals surface area contributed by atoms with Crippen molar-refractivity contribution >= 4 is 34.8 Å². The average molecular weight is 332 g/mol. The van der Waals surface area contributed by atoms with Gasteiger partial charge in [0.1, 0.15) is 17.3 Å². The number of anilines is 1. The Bertz CT molecular complexity index is 640.